The molecule has 5 nitrogen and oxygen atoms in total. The summed E-state index contributed by atoms with van der Waals surface area (Å²) < 4.78 is 2.16. The number of amides is 1. The standard InChI is InChI=1S/C19H22N4O/c1-16-14-23(18-8-3-2-7-17(18)13-20)19(24)15-22(16)12-6-11-21-9-4-5-10-21/h2-5,7-10,16H,6,11-12,14-15H2,1H3. The molecule has 0 bridgehead atoms. The van der Waals surface area contributed by atoms with Gasteiger partial charge in [-0.1, -0.05) is 12.1 Å². The van der Waals surface area contributed by atoms with Gasteiger partial charge in [0.1, 0.15) is 6.07 Å². The van der Waals surface area contributed by atoms with Gasteiger partial charge in [0.2, 0.25) is 5.91 Å². The number of nitrogens with zero attached hydrogens (tertiary/aromatic N) is 4. The highest BCUT2D eigenvalue weighted by Crippen LogP contribution is 2.23. The lowest BCUT2D eigenvalue weighted by Crippen LogP contribution is -2.55. The summed E-state index contributed by atoms with van der Waals surface area (Å²) >= 11 is 0. The molecule has 1 amide bonds. The highest BCUT2D eigenvalue weighted by atomic mass is 16.2. The Bertz CT molecular complexity index is 732. The first kappa shape index (κ1) is 16.3. The van der Waals surface area contributed by atoms with Gasteiger partial charge in [-0.25, -0.2) is 0 Å². The van der Waals surface area contributed by atoms with Gasteiger partial charge in [-0.2, -0.15) is 5.26 Å². The second-order valence-electron chi connectivity index (χ2n) is 6.23. The number of para-hydroxylation sites is 1. The number of piperazine rings is 1. The summed E-state index contributed by atoms with van der Waals surface area (Å²) in [5, 5.41) is 9.26. The Morgan fingerprint density at radius 2 is 1.92 bits per heavy atom. The normalized spacial score (nSPS) is 18.6. The number of hydrogen-bond acceptors (Lipinski definition) is 3. The van der Waals surface area contributed by atoms with Crippen LogP contribution in [-0.4, -0.2) is 41.1 Å². The Morgan fingerprint density at radius 1 is 1.17 bits per heavy atom. The van der Waals surface area contributed by atoms with Crippen molar-refractivity contribution in [1.29, 1.82) is 5.26 Å². The molecule has 124 valence electrons. The average molecular weight is 322 g/mol. The van der Waals surface area contributed by atoms with Crippen LogP contribution in [0.25, 0.3) is 0 Å². The van der Waals surface area contributed by atoms with Crippen LogP contribution in [0, 0.1) is 11.3 Å². The fraction of sp³-hybridized carbons (Fsp3) is 0.368. The topological polar surface area (TPSA) is 52.3 Å². The lowest BCUT2D eigenvalue weighted by atomic mass is 10.1. The smallest absolute Gasteiger partial charge is 0.241 e. The molecule has 3 rings (SSSR count). The molecule has 1 atom stereocenters. The molecule has 0 N–H and O–H groups in total. The van der Waals surface area contributed by atoms with Gasteiger partial charge >= 0.3 is 0 Å². The van der Waals surface area contributed by atoms with Crippen molar-refractivity contribution in [1.82, 2.24) is 9.47 Å². The Balaban J connectivity index is 1.62. The highest BCUT2D eigenvalue weighted by molar-refractivity contribution is 5.96. The summed E-state index contributed by atoms with van der Waals surface area (Å²) in [5.74, 6) is 0.0664. The van der Waals surface area contributed by atoms with Gasteiger partial charge in [0, 0.05) is 38.1 Å². The second-order valence-corrected chi connectivity index (χ2v) is 6.23. The molecule has 1 unspecified atom stereocenters. The second kappa shape index (κ2) is 7.33. The van der Waals surface area contributed by atoms with Crippen LogP contribution in [0.15, 0.2) is 48.8 Å². The molecule has 0 spiro atoms. The monoisotopic (exact) mass is 322 g/mol. The van der Waals surface area contributed by atoms with Crippen molar-refractivity contribution < 1.29 is 4.79 Å². The van der Waals surface area contributed by atoms with Crippen LogP contribution in [0.1, 0.15) is 18.9 Å². The summed E-state index contributed by atoms with van der Waals surface area (Å²) in [4.78, 5) is 16.6. The summed E-state index contributed by atoms with van der Waals surface area (Å²) in [6, 6.07) is 13.8. The average Bonchev–Trinajstić information content (AvgIpc) is 3.11. The predicted molar refractivity (Wildman–Crippen MR) is 93.6 cm³/mol. The maximum Gasteiger partial charge on any atom is 0.241 e. The zero-order valence-electron chi connectivity index (χ0n) is 13.9. The van der Waals surface area contributed by atoms with E-state index < -0.39 is 0 Å². The van der Waals surface area contributed by atoms with E-state index >= 15 is 0 Å². The van der Waals surface area contributed by atoms with Crippen molar-refractivity contribution in [2.45, 2.75) is 25.9 Å². The molecule has 0 saturated carbocycles. The van der Waals surface area contributed by atoms with E-state index in [0.29, 0.717) is 18.7 Å². The van der Waals surface area contributed by atoms with Gasteiger partial charge in [-0.15, -0.1) is 0 Å². The molecular formula is C19H22N4O. The summed E-state index contributed by atoms with van der Waals surface area (Å²) in [6.45, 7) is 5.04. The number of nitriles is 1. The zero-order valence-corrected chi connectivity index (χ0v) is 13.9. The number of aromatic nitrogens is 1. The molecule has 1 aromatic carbocycles. The number of benzene rings is 1. The molecule has 1 aromatic heterocycles. The molecule has 1 aliphatic heterocycles. The third-order valence-electron chi connectivity index (χ3n) is 4.55. The van der Waals surface area contributed by atoms with E-state index in [-0.39, 0.29) is 11.9 Å². The van der Waals surface area contributed by atoms with E-state index in [1.807, 2.05) is 30.3 Å². The maximum absolute atomic E-state index is 12.6. The van der Waals surface area contributed by atoms with E-state index in [1.54, 1.807) is 11.0 Å². The molecule has 24 heavy (non-hydrogen) atoms. The van der Waals surface area contributed by atoms with E-state index in [0.717, 1.165) is 25.2 Å². The zero-order chi connectivity index (χ0) is 16.9. The largest absolute Gasteiger partial charge is 0.354 e. The number of aryl methyl sites for hydroxylation is 1. The summed E-state index contributed by atoms with van der Waals surface area (Å²) in [7, 11) is 0. The fourth-order valence-corrected chi connectivity index (χ4v) is 3.21. The van der Waals surface area contributed by atoms with E-state index in [1.165, 1.54) is 0 Å². The van der Waals surface area contributed by atoms with Crippen LogP contribution in [0.3, 0.4) is 0 Å². The molecular weight excluding hydrogens is 300 g/mol. The van der Waals surface area contributed by atoms with Crippen molar-refractivity contribution in [3.05, 3.63) is 54.4 Å². The predicted octanol–water partition coefficient (Wildman–Crippen LogP) is 2.49. The van der Waals surface area contributed by atoms with Crippen LogP contribution >= 0.6 is 0 Å². The van der Waals surface area contributed by atoms with Crippen LogP contribution in [0.2, 0.25) is 0 Å². The SMILES string of the molecule is CC1CN(c2ccccc2C#N)C(=O)CN1CCCn1cccc1. The van der Waals surface area contributed by atoms with Crippen molar-refractivity contribution in [3.63, 3.8) is 0 Å². The third kappa shape index (κ3) is 3.50. The minimum atomic E-state index is 0.0664. The fourth-order valence-electron chi connectivity index (χ4n) is 3.21. The van der Waals surface area contributed by atoms with Gasteiger partial charge in [-0.05, 0) is 37.6 Å². The van der Waals surface area contributed by atoms with Gasteiger partial charge in [-0.3, -0.25) is 9.69 Å². The van der Waals surface area contributed by atoms with Crippen molar-refractivity contribution >= 4 is 11.6 Å². The van der Waals surface area contributed by atoms with Gasteiger partial charge in [0.05, 0.1) is 17.8 Å². The number of anilines is 1. The first-order valence-corrected chi connectivity index (χ1v) is 8.33. The number of carbonyl (C=O) groups excluding carboxylic acids is 1. The first-order valence-electron chi connectivity index (χ1n) is 8.33. The molecule has 0 aliphatic carbocycles. The van der Waals surface area contributed by atoms with E-state index in [9.17, 15) is 10.1 Å². The minimum Gasteiger partial charge on any atom is -0.354 e. The van der Waals surface area contributed by atoms with E-state index in [2.05, 4.69) is 34.9 Å². The molecule has 2 heterocycles. The molecule has 1 fully saturated rings. The molecule has 5 heteroatoms. The molecule has 2 aromatic rings. The van der Waals surface area contributed by atoms with Gasteiger partial charge < -0.3 is 9.47 Å². The van der Waals surface area contributed by atoms with E-state index in [4.69, 9.17) is 0 Å². The van der Waals surface area contributed by atoms with Crippen LogP contribution < -0.4 is 4.90 Å². The number of carbonyl (C=O) groups is 1. The lowest BCUT2D eigenvalue weighted by Gasteiger charge is -2.39. The van der Waals surface area contributed by atoms with Crippen LogP contribution in [0.4, 0.5) is 5.69 Å². The van der Waals surface area contributed by atoms with Crippen molar-refractivity contribution in [3.8, 4) is 6.07 Å². The quantitative estimate of drug-likeness (QED) is 0.850. The minimum absolute atomic E-state index is 0.0664. The maximum atomic E-state index is 12.6. The molecule has 1 saturated heterocycles. The number of rotatable bonds is 5. The van der Waals surface area contributed by atoms with Crippen LogP contribution in [0.5, 0.6) is 0 Å². The van der Waals surface area contributed by atoms with Gasteiger partial charge in [0.15, 0.2) is 0 Å². The summed E-state index contributed by atoms with van der Waals surface area (Å²) in [6.07, 6.45) is 5.14. The van der Waals surface area contributed by atoms with Crippen LogP contribution in [-0.2, 0) is 11.3 Å². The lowest BCUT2D eigenvalue weighted by molar-refractivity contribution is -0.122. The highest BCUT2D eigenvalue weighted by Gasteiger charge is 2.30. The third-order valence-corrected chi connectivity index (χ3v) is 4.55. The Hall–Kier alpha value is -2.58. The Labute approximate surface area is 142 Å². The molecule has 0 radical (unpaired) electrons. The van der Waals surface area contributed by atoms with Crippen molar-refractivity contribution in [2.24, 2.45) is 0 Å². The van der Waals surface area contributed by atoms with Gasteiger partial charge in [0.25, 0.3) is 0 Å². The first-order chi connectivity index (χ1) is 11.7. The Morgan fingerprint density at radius 3 is 2.67 bits per heavy atom. The Kier molecular flexibility index (Phi) is 4.97. The van der Waals surface area contributed by atoms with Crippen molar-refractivity contribution in [2.75, 3.05) is 24.5 Å². The number of hydrogen-bond donors (Lipinski definition) is 0. The summed E-state index contributed by atoms with van der Waals surface area (Å²) in [5.41, 5.74) is 1.28. The molecule has 1 aliphatic rings.